The van der Waals surface area contributed by atoms with E-state index in [-0.39, 0.29) is 5.41 Å². The van der Waals surface area contributed by atoms with Crippen molar-refractivity contribution in [3.8, 4) is 50.6 Å². The van der Waals surface area contributed by atoms with Crippen LogP contribution in [-0.4, -0.2) is 14.5 Å². The number of aromatic nitrogens is 3. The smallest absolute Gasteiger partial charge is 0.235 e. The third-order valence-electron chi connectivity index (χ3n) is 12.6. The number of hydrogen-bond donors (Lipinski definition) is 0. The predicted octanol–water partition coefficient (Wildman–Crippen LogP) is 14.3. The van der Waals surface area contributed by atoms with Crippen molar-refractivity contribution < 1.29 is 0 Å². The van der Waals surface area contributed by atoms with Gasteiger partial charge in [0.05, 0.1) is 22.2 Å². The van der Waals surface area contributed by atoms with Crippen LogP contribution in [0.3, 0.4) is 0 Å². The molecule has 12 rings (SSSR count). The lowest BCUT2D eigenvalue weighted by atomic mass is 9.78. The first kappa shape index (κ1) is 32.8. The first-order valence-corrected chi connectivity index (χ1v) is 20.1. The Morgan fingerprint density at radius 3 is 1.78 bits per heavy atom. The van der Waals surface area contributed by atoms with Crippen LogP contribution in [0.25, 0.3) is 105 Å². The van der Waals surface area contributed by atoms with E-state index in [1.54, 1.807) is 0 Å². The van der Waals surface area contributed by atoms with Crippen LogP contribution in [0.5, 0.6) is 0 Å². The summed E-state index contributed by atoms with van der Waals surface area (Å²) < 4.78 is 2.36. The lowest BCUT2D eigenvalue weighted by molar-refractivity contribution is 0.662. The third-order valence-corrected chi connectivity index (χ3v) is 12.6. The highest BCUT2D eigenvalue weighted by Crippen LogP contribution is 2.53. The molecule has 9 aromatic carbocycles. The molecule has 1 aliphatic rings. The Labute approximate surface area is 336 Å². The van der Waals surface area contributed by atoms with Crippen LogP contribution in [0.15, 0.2) is 188 Å². The van der Waals surface area contributed by atoms with Gasteiger partial charge in [0.25, 0.3) is 0 Å². The molecule has 0 fully saturated rings. The van der Waals surface area contributed by atoms with E-state index in [1.165, 1.54) is 76.8 Å². The monoisotopic (exact) mass is 739 g/mol. The van der Waals surface area contributed by atoms with Crippen molar-refractivity contribution in [2.45, 2.75) is 19.3 Å². The van der Waals surface area contributed by atoms with Gasteiger partial charge in [0.2, 0.25) is 5.95 Å². The number of para-hydroxylation sites is 2. The van der Waals surface area contributed by atoms with Gasteiger partial charge in [0.1, 0.15) is 0 Å². The molecule has 3 heteroatoms. The maximum absolute atomic E-state index is 5.59. The highest BCUT2D eigenvalue weighted by molar-refractivity contribution is 6.21. The van der Waals surface area contributed by atoms with Gasteiger partial charge < -0.3 is 0 Å². The van der Waals surface area contributed by atoms with Crippen molar-refractivity contribution in [3.63, 3.8) is 0 Å². The van der Waals surface area contributed by atoms with Crippen molar-refractivity contribution >= 4 is 54.3 Å². The van der Waals surface area contributed by atoms with E-state index in [4.69, 9.17) is 9.97 Å². The number of rotatable bonds is 4. The number of benzene rings is 9. The van der Waals surface area contributed by atoms with Crippen LogP contribution >= 0.6 is 0 Å². The lowest BCUT2D eigenvalue weighted by Gasteiger charge is -2.25. The first-order chi connectivity index (χ1) is 28.5. The Morgan fingerprint density at radius 1 is 0.379 bits per heavy atom. The van der Waals surface area contributed by atoms with E-state index in [0.717, 1.165) is 33.2 Å². The third kappa shape index (κ3) is 4.68. The topological polar surface area (TPSA) is 30.7 Å². The quantitative estimate of drug-likeness (QED) is 0.180. The largest absolute Gasteiger partial charge is 0.277 e. The summed E-state index contributed by atoms with van der Waals surface area (Å²) in [5, 5.41) is 8.23. The van der Waals surface area contributed by atoms with E-state index in [2.05, 4.69) is 206 Å². The zero-order valence-corrected chi connectivity index (χ0v) is 32.2. The van der Waals surface area contributed by atoms with Crippen molar-refractivity contribution in [2.24, 2.45) is 0 Å². The summed E-state index contributed by atoms with van der Waals surface area (Å²) in [6.07, 6.45) is 0. The summed E-state index contributed by atoms with van der Waals surface area (Å²) in [5.41, 5.74) is 15.1. The Kier molecular flexibility index (Phi) is 6.98. The molecule has 2 aromatic heterocycles. The minimum absolute atomic E-state index is 0.182. The number of hydrogen-bond acceptors (Lipinski definition) is 2. The minimum atomic E-state index is -0.182. The molecule has 0 unspecified atom stereocenters. The first-order valence-electron chi connectivity index (χ1n) is 20.1. The fourth-order valence-corrected chi connectivity index (χ4v) is 9.99. The molecule has 2 heterocycles. The van der Waals surface area contributed by atoms with Gasteiger partial charge in [-0.2, -0.15) is 0 Å². The Hall–Kier alpha value is -7.36. The van der Waals surface area contributed by atoms with E-state index in [0.29, 0.717) is 5.95 Å². The van der Waals surface area contributed by atoms with Crippen LogP contribution < -0.4 is 0 Å². The van der Waals surface area contributed by atoms with Crippen LogP contribution in [0.2, 0.25) is 0 Å². The molecular weight excluding hydrogens is 703 g/mol. The minimum Gasteiger partial charge on any atom is -0.277 e. The van der Waals surface area contributed by atoms with Gasteiger partial charge in [0.15, 0.2) is 0 Å². The second-order valence-corrected chi connectivity index (χ2v) is 16.1. The molecule has 0 amide bonds. The molecule has 58 heavy (non-hydrogen) atoms. The second kappa shape index (κ2) is 12.3. The zero-order chi connectivity index (χ0) is 38.5. The molecule has 0 bridgehead atoms. The normalized spacial score (nSPS) is 13.1. The van der Waals surface area contributed by atoms with Gasteiger partial charge in [-0.25, -0.2) is 9.97 Å². The van der Waals surface area contributed by atoms with Gasteiger partial charge in [-0.05, 0) is 61.2 Å². The molecule has 272 valence electrons. The molecule has 0 aliphatic heterocycles. The second-order valence-electron chi connectivity index (χ2n) is 16.1. The van der Waals surface area contributed by atoms with Crippen LogP contribution in [-0.2, 0) is 5.41 Å². The van der Waals surface area contributed by atoms with Crippen molar-refractivity contribution in [3.05, 3.63) is 199 Å². The molecule has 0 radical (unpaired) electrons. The van der Waals surface area contributed by atoms with Crippen molar-refractivity contribution in [2.75, 3.05) is 0 Å². The van der Waals surface area contributed by atoms with Gasteiger partial charge >= 0.3 is 0 Å². The molecule has 3 nitrogen and oxygen atoms in total. The van der Waals surface area contributed by atoms with Crippen molar-refractivity contribution in [1.29, 1.82) is 0 Å². The molecule has 0 saturated carbocycles. The maximum Gasteiger partial charge on any atom is 0.235 e. The molecule has 1 aliphatic carbocycles. The van der Waals surface area contributed by atoms with Crippen LogP contribution in [0.1, 0.15) is 25.0 Å². The van der Waals surface area contributed by atoms with Gasteiger partial charge in [-0.15, -0.1) is 0 Å². The van der Waals surface area contributed by atoms with Gasteiger partial charge in [0, 0.05) is 38.1 Å². The van der Waals surface area contributed by atoms with Crippen LogP contribution in [0, 0.1) is 0 Å². The lowest BCUT2D eigenvalue weighted by Crippen LogP contribution is -2.16. The van der Waals surface area contributed by atoms with Crippen molar-refractivity contribution in [1.82, 2.24) is 14.5 Å². The summed E-state index contributed by atoms with van der Waals surface area (Å²) in [4.78, 5) is 11.0. The highest BCUT2D eigenvalue weighted by atomic mass is 15.2. The fraction of sp³-hybridized carbons (Fsp3) is 0.0545. The molecule has 11 aromatic rings. The summed E-state index contributed by atoms with van der Waals surface area (Å²) in [7, 11) is 0. The van der Waals surface area contributed by atoms with E-state index >= 15 is 0 Å². The van der Waals surface area contributed by atoms with E-state index < -0.39 is 0 Å². The van der Waals surface area contributed by atoms with E-state index in [1.807, 2.05) is 0 Å². The molecule has 0 atom stereocenters. The SMILES string of the molecule is CC1(C)c2ccccc2-c2cccc(-c3cccc4c5ccc6ccccc6c5n(-c5nc(-c6ccc(-c7cccc8ccccc78)cc6)c6ccccc6n5)c34)c21. The van der Waals surface area contributed by atoms with Gasteiger partial charge in [-0.3, -0.25) is 4.57 Å². The standard InChI is InChI=1S/C55H37N3/c1-55(2)48-26-9-7-19-41(48)42-22-12-23-43(50(42)55)44-24-13-25-45-46-33-32-35-15-4-6-18-40(35)52(46)58(53(44)45)54-56-49-27-10-8-20-47(49)51(57-54)37-30-28-36(29-31-37)39-21-11-16-34-14-3-5-17-38(34)39/h3-33H,1-2H3. The number of nitrogens with zero attached hydrogens (tertiary/aromatic N) is 3. The zero-order valence-electron chi connectivity index (χ0n) is 32.2. The Balaban J connectivity index is 1.14. The average molecular weight is 740 g/mol. The Bertz CT molecular complexity index is 3470. The summed E-state index contributed by atoms with van der Waals surface area (Å²) in [6, 6.07) is 68.2. The number of fused-ring (bicyclic) bond motifs is 10. The van der Waals surface area contributed by atoms with Crippen LogP contribution in [0.4, 0.5) is 0 Å². The van der Waals surface area contributed by atoms with Gasteiger partial charge in [-0.1, -0.05) is 196 Å². The fourth-order valence-electron chi connectivity index (χ4n) is 9.99. The summed E-state index contributed by atoms with van der Waals surface area (Å²) in [6.45, 7) is 4.74. The van der Waals surface area contributed by atoms with E-state index in [9.17, 15) is 0 Å². The molecular formula is C55H37N3. The highest BCUT2D eigenvalue weighted by Gasteiger charge is 2.38. The Morgan fingerprint density at radius 2 is 0.931 bits per heavy atom. The average Bonchev–Trinajstić information content (AvgIpc) is 3.75. The molecule has 0 spiro atoms. The summed E-state index contributed by atoms with van der Waals surface area (Å²) >= 11 is 0. The predicted molar refractivity (Wildman–Crippen MR) is 243 cm³/mol. The molecule has 0 saturated heterocycles. The maximum atomic E-state index is 5.59. The summed E-state index contributed by atoms with van der Waals surface area (Å²) in [5.74, 6) is 0.658. The molecule has 0 N–H and O–H groups in total.